The molecule has 0 amide bonds. The Hall–Kier alpha value is -2.24. The molecular formula is C24H28N2O2S. The number of rotatable bonds is 8. The zero-order valence-corrected chi connectivity index (χ0v) is 17.8. The van der Waals surface area contributed by atoms with Gasteiger partial charge in [-0.2, -0.15) is 11.8 Å². The molecule has 0 radical (unpaired) electrons. The molecule has 1 fully saturated rings. The molecule has 2 aromatic carbocycles. The van der Waals surface area contributed by atoms with Gasteiger partial charge in [0.1, 0.15) is 18.1 Å². The van der Waals surface area contributed by atoms with Crippen LogP contribution in [0.25, 0.3) is 22.2 Å². The maximum atomic E-state index is 6.25. The SMILES string of the molecule is CCCOc1ccc(-c2cc(OCCN3CCSCC3)c3ccccc3n2)cc1. The zero-order chi connectivity index (χ0) is 19.9. The summed E-state index contributed by atoms with van der Waals surface area (Å²) in [4.78, 5) is 7.34. The fourth-order valence-electron chi connectivity index (χ4n) is 3.46. The number of pyridine rings is 1. The third kappa shape index (κ3) is 5.22. The first kappa shape index (κ1) is 20.0. The molecule has 2 heterocycles. The third-order valence-electron chi connectivity index (χ3n) is 5.07. The second kappa shape index (κ2) is 9.99. The van der Waals surface area contributed by atoms with Crippen LogP contribution < -0.4 is 9.47 Å². The van der Waals surface area contributed by atoms with Crippen LogP contribution in [0.1, 0.15) is 13.3 Å². The second-order valence-corrected chi connectivity index (χ2v) is 8.42. The number of ether oxygens (including phenoxy) is 2. The van der Waals surface area contributed by atoms with E-state index in [-0.39, 0.29) is 0 Å². The Morgan fingerprint density at radius 1 is 0.966 bits per heavy atom. The van der Waals surface area contributed by atoms with E-state index in [1.165, 1.54) is 11.5 Å². The van der Waals surface area contributed by atoms with Crippen LogP contribution in [0.15, 0.2) is 54.6 Å². The first-order valence-electron chi connectivity index (χ1n) is 10.4. The van der Waals surface area contributed by atoms with Crippen LogP contribution in [0.2, 0.25) is 0 Å². The maximum absolute atomic E-state index is 6.25. The molecular weight excluding hydrogens is 380 g/mol. The van der Waals surface area contributed by atoms with Crippen LogP contribution in [-0.4, -0.2) is 54.2 Å². The molecule has 4 nitrogen and oxygen atoms in total. The summed E-state index contributed by atoms with van der Waals surface area (Å²) in [6, 6.07) is 18.4. The topological polar surface area (TPSA) is 34.6 Å². The molecule has 0 saturated carbocycles. The number of para-hydroxylation sites is 1. The average Bonchev–Trinajstić information content (AvgIpc) is 2.78. The van der Waals surface area contributed by atoms with Crippen molar-refractivity contribution in [2.24, 2.45) is 0 Å². The molecule has 1 aromatic heterocycles. The van der Waals surface area contributed by atoms with Crippen molar-refractivity contribution < 1.29 is 9.47 Å². The van der Waals surface area contributed by atoms with E-state index < -0.39 is 0 Å². The van der Waals surface area contributed by atoms with Crippen molar-refractivity contribution in [1.29, 1.82) is 0 Å². The minimum Gasteiger partial charge on any atom is -0.494 e. The molecule has 152 valence electrons. The molecule has 1 aliphatic heterocycles. The van der Waals surface area contributed by atoms with Crippen LogP contribution in [0.3, 0.4) is 0 Å². The molecule has 0 spiro atoms. The lowest BCUT2D eigenvalue weighted by Gasteiger charge is -2.26. The number of hydrogen-bond acceptors (Lipinski definition) is 5. The van der Waals surface area contributed by atoms with Gasteiger partial charge in [-0.05, 0) is 42.8 Å². The first-order valence-corrected chi connectivity index (χ1v) is 11.5. The predicted molar refractivity (Wildman–Crippen MR) is 122 cm³/mol. The van der Waals surface area contributed by atoms with Crippen LogP contribution in [0.5, 0.6) is 11.5 Å². The summed E-state index contributed by atoms with van der Waals surface area (Å²) in [5.74, 6) is 4.25. The van der Waals surface area contributed by atoms with E-state index in [4.69, 9.17) is 14.5 Å². The summed E-state index contributed by atoms with van der Waals surface area (Å²) in [5.41, 5.74) is 2.95. The Morgan fingerprint density at radius 2 is 1.76 bits per heavy atom. The van der Waals surface area contributed by atoms with E-state index >= 15 is 0 Å². The Labute approximate surface area is 177 Å². The van der Waals surface area contributed by atoms with Crippen LogP contribution in [0, 0.1) is 0 Å². The zero-order valence-electron chi connectivity index (χ0n) is 17.0. The lowest BCUT2D eigenvalue weighted by Crippen LogP contribution is -2.35. The third-order valence-corrected chi connectivity index (χ3v) is 6.01. The Morgan fingerprint density at radius 3 is 2.55 bits per heavy atom. The van der Waals surface area contributed by atoms with Crippen LogP contribution >= 0.6 is 11.8 Å². The molecule has 0 unspecified atom stereocenters. The summed E-state index contributed by atoms with van der Waals surface area (Å²) in [7, 11) is 0. The van der Waals surface area contributed by atoms with Crippen LogP contribution in [0.4, 0.5) is 0 Å². The highest BCUT2D eigenvalue weighted by atomic mass is 32.2. The van der Waals surface area contributed by atoms with Gasteiger partial charge in [0.25, 0.3) is 0 Å². The number of aromatic nitrogens is 1. The predicted octanol–water partition coefficient (Wildman–Crippen LogP) is 5.12. The van der Waals surface area contributed by atoms with Crippen molar-refractivity contribution in [1.82, 2.24) is 9.88 Å². The van der Waals surface area contributed by atoms with Crippen molar-refractivity contribution in [3.8, 4) is 22.8 Å². The first-order chi connectivity index (χ1) is 14.3. The fourth-order valence-corrected chi connectivity index (χ4v) is 4.44. The number of nitrogens with zero attached hydrogens (tertiary/aromatic N) is 2. The average molecular weight is 409 g/mol. The van der Waals surface area contributed by atoms with Crippen molar-refractivity contribution >= 4 is 22.7 Å². The minimum absolute atomic E-state index is 0.696. The summed E-state index contributed by atoms with van der Waals surface area (Å²) >= 11 is 2.04. The summed E-state index contributed by atoms with van der Waals surface area (Å²) in [6.07, 6.45) is 1.00. The van der Waals surface area contributed by atoms with Gasteiger partial charge >= 0.3 is 0 Å². The minimum atomic E-state index is 0.696. The standard InChI is InChI=1S/C24H28N2O2S/c1-2-14-27-20-9-7-19(8-10-20)23-18-24(21-5-3-4-6-22(21)25-23)28-15-11-26-12-16-29-17-13-26/h3-10,18H,2,11-17H2,1H3. The van der Waals surface area contributed by atoms with E-state index in [0.717, 1.165) is 66.3 Å². The smallest absolute Gasteiger partial charge is 0.130 e. The van der Waals surface area contributed by atoms with Crippen molar-refractivity contribution in [3.63, 3.8) is 0 Å². The van der Waals surface area contributed by atoms with Gasteiger partial charge in [0.05, 0.1) is 17.8 Å². The van der Waals surface area contributed by atoms with Gasteiger partial charge in [-0.25, -0.2) is 4.98 Å². The molecule has 1 aliphatic rings. The van der Waals surface area contributed by atoms with Gasteiger partial charge in [0.15, 0.2) is 0 Å². The van der Waals surface area contributed by atoms with E-state index in [0.29, 0.717) is 6.61 Å². The van der Waals surface area contributed by atoms with E-state index in [1.54, 1.807) is 0 Å². The Bertz CT molecular complexity index is 924. The highest BCUT2D eigenvalue weighted by Gasteiger charge is 2.12. The maximum Gasteiger partial charge on any atom is 0.130 e. The van der Waals surface area contributed by atoms with Crippen molar-refractivity contribution in [2.75, 3.05) is 44.4 Å². The van der Waals surface area contributed by atoms with E-state index in [9.17, 15) is 0 Å². The second-order valence-electron chi connectivity index (χ2n) is 7.20. The van der Waals surface area contributed by atoms with Gasteiger partial charge in [-0.3, -0.25) is 4.90 Å². The van der Waals surface area contributed by atoms with Gasteiger partial charge in [-0.15, -0.1) is 0 Å². The van der Waals surface area contributed by atoms with Crippen molar-refractivity contribution in [2.45, 2.75) is 13.3 Å². The van der Waals surface area contributed by atoms with E-state index in [1.807, 2.05) is 42.1 Å². The number of fused-ring (bicyclic) bond motifs is 1. The molecule has 1 saturated heterocycles. The number of thioether (sulfide) groups is 1. The van der Waals surface area contributed by atoms with Gasteiger partial charge in [0, 0.05) is 48.2 Å². The van der Waals surface area contributed by atoms with E-state index in [2.05, 4.69) is 36.1 Å². The number of benzene rings is 2. The summed E-state index contributed by atoms with van der Waals surface area (Å²) in [5, 5.41) is 1.06. The van der Waals surface area contributed by atoms with Gasteiger partial charge in [0.2, 0.25) is 0 Å². The molecule has 4 rings (SSSR count). The number of hydrogen-bond donors (Lipinski definition) is 0. The summed E-state index contributed by atoms with van der Waals surface area (Å²) in [6.45, 7) is 6.82. The highest BCUT2D eigenvalue weighted by molar-refractivity contribution is 7.99. The fraction of sp³-hybridized carbons (Fsp3) is 0.375. The molecule has 0 aliphatic carbocycles. The van der Waals surface area contributed by atoms with Crippen LogP contribution in [-0.2, 0) is 0 Å². The van der Waals surface area contributed by atoms with Gasteiger partial charge in [-0.1, -0.05) is 19.1 Å². The quantitative estimate of drug-likeness (QED) is 0.517. The molecule has 5 heteroatoms. The Kier molecular flexibility index (Phi) is 6.91. The molecule has 3 aromatic rings. The van der Waals surface area contributed by atoms with Gasteiger partial charge < -0.3 is 9.47 Å². The lowest BCUT2D eigenvalue weighted by molar-refractivity contribution is 0.224. The molecule has 0 N–H and O–H groups in total. The molecule has 29 heavy (non-hydrogen) atoms. The summed E-state index contributed by atoms with van der Waals surface area (Å²) < 4.78 is 11.9. The largest absolute Gasteiger partial charge is 0.494 e. The Balaban J connectivity index is 1.53. The lowest BCUT2D eigenvalue weighted by atomic mass is 10.1. The monoisotopic (exact) mass is 408 g/mol. The highest BCUT2D eigenvalue weighted by Crippen LogP contribution is 2.31. The molecule has 0 atom stereocenters. The molecule has 0 bridgehead atoms. The normalized spacial score (nSPS) is 14.8. The van der Waals surface area contributed by atoms with Crippen molar-refractivity contribution in [3.05, 3.63) is 54.6 Å².